The number of carbonyl (C=O) groups excluding carboxylic acids is 1. The number of aromatic nitrogens is 1. The minimum Gasteiger partial charge on any atom is -0.298 e. The van der Waals surface area contributed by atoms with Gasteiger partial charge in [0.2, 0.25) is 0 Å². The standard InChI is InChI=1S/C33H38N2O/c1-3-5-8-14-28-30(15-9-6-4-2)35-32-29(31(28)27-18-16-26(23-36)17-19-27)20-21-33(32,24-34)22-25-12-10-7-11-13-25/h7,10-13,16-19,23H,3-6,8-9,14-15,20-22H2,1-2H3/t33-/m0/s1. The molecule has 0 bridgehead atoms. The molecule has 1 aromatic heterocycles. The highest BCUT2D eigenvalue weighted by atomic mass is 16.1. The number of fused-ring (bicyclic) bond motifs is 1. The number of hydrogen-bond acceptors (Lipinski definition) is 3. The van der Waals surface area contributed by atoms with Gasteiger partial charge < -0.3 is 0 Å². The third-order valence-electron chi connectivity index (χ3n) is 7.69. The Kier molecular flexibility index (Phi) is 8.70. The van der Waals surface area contributed by atoms with Crippen LogP contribution in [0.4, 0.5) is 0 Å². The van der Waals surface area contributed by atoms with E-state index >= 15 is 0 Å². The second kappa shape index (κ2) is 12.1. The van der Waals surface area contributed by atoms with E-state index in [1.54, 1.807) is 0 Å². The van der Waals surface area contributed by atoms with Crippen LogP contribution in [-0.2, 0) is 31.1 Å². The summed E-state index contributed by atoms with van der Waals surface area (Å²) in [7, 11) is 0. The molecule has 0 fully saturated rings. The van der Waals surface area contributed by atoms with Crippen molar-refractivity contribution in [2.24, 2.45) is 0 Å². The van der Waals surface area contributed by atoms with Crippen molar-refractivity contribution < 1.29 is 4.79 Å². The van der Waals surface area contributed by atoms with Crippen molar-refractivity contribution in [1.82, 2.24) is 4.98 Å². The molecule has 0 unspecified atom stereocenters. The summed E-state index contributed by atoms with van der Waals surface area (Å²) in [5, 5.41) is 10.6. The van der Waals surface area contributed by atoms with Crippen LogP contribution in [0.2, 0.25) is 0 Å². The Morgan fingerprint density at radius 2 is 1.64 bits per heavy atom. The molecule has 36 heavy (non-hydrogen) atoms. The van der Waals surface area contributed by atoms with Crippen LogP contribution in [0.5, 0.6) is 0 Å². The normalized spacial score (nSPS) is 16.5. The van der Waals surface area contributed by atoms with Gasteiger partial charge in [0.1, 0.15) is 11.7 Å². The van der Waals surface area contributed by atoms with Gasteiger partial charge in [-0.1, -0.05) is 94.1 Å². The zero-order chi connectivity index (χ0) is 25.4. The largest absolute Gasteiger partial charge is 0.298 e. The molecule has 4 rings (SSSR count). The second-order valence-electron chi connectivity index (χ2n) is 10.2. The molecule has 3 aromatic rings. The van der Waals surface area contributed by atoms with Gasteiger partial charge in [-0.15, -0.1) is 0 Å². The smallest absolute Gasteiger partial charge is 0.150 e. The first kappa shape index (κ1) is 25.8. The Hall–Kier alpha value is -3.25. The van der Waals surface area contributed by atoms with Crippen molar-refractivity contribution in [2.45, 2.75) is 89.9 Å². The maximum Gasteiger partial charge on any atom is 0.150 e. The molecule has 1 aliphatic rings. The lowest BCUT2D eigenvalue weighted by atomic mass is 9.79. The molecular weight excluding hydrogens is 440 g/mol. The van der Waals surface area contributed by atoms with Gasteiger partial charge >= 0.3 is 0 Å². The molecule has 0 saturated heterocycles. The molecule has 3 heteroatoms. The van der Waals surface area contributed by atoms with Crippen molar-refractivity contribution >= 4 is 6.29 Å². The van der Waals surface area contributed by atoms with Crippen LogP contribution in [0.25, 0.3) is 11.1 Å². The Labute approximate surface area is 216 Å². The van der Waals surface area contributed by atoms with E-state index < -0.39 is 5.41 Å². The minimum absolute atomic E-state index is 0.602. The first-order valence-corrected chi connectivity index (χ1v) is 13.7. The number of benzene rings is 2. The summed E-state index contributed by atoms with van der Waals surface area (Å²) >= 11 is 0. The second-order valence-corrected chi connectivity index (χ2v) is 10.2. The third kappa shape index (κ3) is 5.44. The number of aryl methyl sites for hydroxylation is 1. The number of rotatable bonds is 12. The highest BCUT2D eigenvalue weighted by Gasteiger charge is 2.43. The predicted molar refractivity (Wildman–Crippen MR) is 147 cm³/mol. The minimum atomic E-state index is -0.602. The van der Waals surface area contributed by atoms with Crippen molar-refractivity contribution in [3.63, 3.8) is 0 Å². The number of carbonyl (C=O) groups is 1. The Balaban J connectivity index is 1.90. The van der Waals surface area contributed by atoms with Gasteiger partial charge in [0.25, 0.3) is 0 Å². The molecule has 2 aromatic carbocycles. The summed E-state index contributed by atoms with van der Waals surface area (Å²) in [6.45, 7) is 4.48. The first-order valence-electron chi connectivity index (χ1n) is 13.7. The number of pyridine rings is 1. The van der Waals surface area contributed by atoms with Crippen LogP contribution in [0.15, 0.2) is 54.6 Å². The third-order valence-corrected chi connectivity index (χ3v) is 7.69. The molecule has 0 saturated carbocycles. The number of nitrogens with zero attached hydrogens (tertiary/aromatic N) is 2. The van der Waals surface area contributed by atoms with Gasteiger partial charge in [0.05, 0.1) is 11.8 Å². The van der Waals surface area contributed by atoms with E-state index in [1.165, 1.54) is 53.6 Å². The molecule has 1 aliphatic carbocycles. The fourth-order valence-corrected chi connectivity index (χ4v) is 5.72. The van der Waals surface area contributed by atoms with E-state index in [1.807, 2.05) is 18.2 Å². The van der Waals surface area contributed by atoms with Gasteiger partial charge in [0.15, 0.2) is 0 Å². The highest BCUT2D eigenvalue weighted by molar-refractivity contribution is 5.79. The molecule has 0 amide bonds. The summed E-state index contributed by atoms with van der Waals surface area (Å²) < 4.78 is 0. The van der Waals surface area contributed by atoms with Gasteiger partial charge in [-0.3, -0.25) is 9.78 Å². The maximum atomic E-state index is 11.3. The van der Waals surface area contributed by atoms with E-state index in [9.17, 15) is 10.1 Å². The average Bonchev–Trinajstić information content (AvgIpc) is 3.27. The summed E-state index contributed by atoms with van der Waals surface area (Å²) in [4.78, 5) is 16.7. The van der Waals surface area contributed by atoms with Gasteiger partial charge in [-0.05, 0) is 72.8 Å². The molecular formula is C33H38N2O. The Morgan fingerprint density at radius 1 is 0.944 bits per heavy atom. The van der Waals surface area contributed by atoms with Crippen LogP contribution in [0.3, 0.4) is 0 Å². The molecule has 1 atom stereocenters. The first-order chi connectivity index (χ1) is 17.7. The SMILES string of the molecule is CCCCCc1nc2c(c(-c3ccc(C=O)cc3)c1CCCCC)CC[C@@]2(C#N)Cc1ccccc1. The van der Waals surface area contributed by atoms with Gasteiger partial charge in [0, 0.05) is 11.3 Å². The van der Waals surface area contributed by atoms with Crippen molar-refractivity contribution in [1.29, 1.82) is 5.26 Å². The van der Waals surface area contributed by atoms with Crippen molar-refractivity contribution in [3.8, 4) is 17.2 Å². The molecule has 0 N–H and O–H groups in total. The summed E-state index contributed by atoms with van der Waals surface area (Å²) in [6, 6.07) is 21.1. The van der Waals surface area contributed by atoms with Crippen LogP contribution < -0.4 is 0 Å². The molecule has 186 valence electrons. The predicted octanol–water partition coefficient (Wildman–Crippen LogP) is 7.98. The molecule has 0 aliphatic heterocycles. The monoisotopic (exact) mass is 478 g/mol. The quantitative estimate of drug-likeness (QED) is 0.196. The highest BCUT2D eigenvalue weighted by Crippen LogP contribution is 2.46. The van der Waals surface area contributed by atoms with Crippen molar-refractivity contribution in [2.75, 3.05) is 0 Å². The molecule has 1 heterocycles. The summed E-state index contributed by atoms with van der Waals surface area (Å²) in [5.74, 6) is 0. The average molecular weight is 479 g/mol. The maximum absolute atomic E-state index is 11.3. The Morgan fingerprint density at radius 3 is 2.28 bits per heavy atom. The topological polar surface area (TPSA) is 53.8 Å². The molecule has 3 nitrogen and oxygen atoms in total. The van der Waals surface area contributed by atoms with E-state index in [4.69, 9.17) is 4.98 Å². The van der Waals surface area contributed by atoms with E-state index in [2.05, 4.69) is 56.3 Å². The number of aldehydes is 1. The number of nitriles is 1. The van der Waals surface area contributed by atoms with Crippen molar-refractivity contribution in [3.05, 3.63) is 88.2 Å². The lowest BCUT2D eigenvalue weighted by Crippen LogP contribution is -2.26. The summed E-state index contributed by atoms with van der Waals surface area (Å²) in [5.41, 5.74) is 8.50. The van der Waals surface area contributed by atoms with Crippen LogP contribution in [0, 0.1) is 11.3 Å². The number of hydrogen-bond donors (Lipinski definition) is 0. The zero-order valence-electron chi connectivity index (χ0n) is 21.9. The van der Waals surface area contributed by atoms with Crippen LogP contribution in [0.1, 0.15) is 97.2 Å². The van der Waals surface area contributed by atoms with E-state index in [0.29, 0.717) is 12.0 Å². The Bertz CT molecular complexity index is 1210. The fourth-order valence-electron chi connectivity index (χ4n) is 5.72. The molecule has 0 radical (unpaired) electrons. The lowest BCUT2D eigenvalue weighted by Gasteiger charge is -2.25. The van der Waals surface area contributed by atoms with Crippen LogP contribution in [-0.4, -0.2) is 11.3 Å². The van der Waals surface area contributed by atoms with E-state index in [0.717, 1.165) is 56.1 Å². The summed E-state index contributed by atoms with van der Waals surface area (Å²) in [6.07, 6.45) is 12.2. The fraction of sp³-hybridized carbons (Fsp3) is 0.424. The lowest BCUT2D eigenvalue weighted by molar-refractivity contribution is 0.112. The molecule has 0 spiro atoms. The van der Waals surface area contributed by atoms with Gasteiger partial charge in [-0.25, -0.2) is 0 Å². The van der Waals surface area contributed by atoms with E-state index in [-0.39, 0.29) is 0 Å². The number of unbranched alkanes of at least 4 members (excludes halogenated alkanes) is 4. The van der Waals surface area contributed by atoms with Crippen LogP contribution >= 0.6 is 0 Å². The zero-order valence-corrected chi connectivity index (χ0v) is 21.9. The van der Waals surface area contributed by atoms with Gasteiger partial charge in [-0.2, -0.15) is 5.26 Å².